The largest absolute Gasteiger partial charge is 0.493 e. The third-order valence-electron chi connectivity index (χ3n) is 3.69. The molecule has 0 unspecified atom stereocenters. The quantitative estimate of drug-likeness (QED) is 0.814. The standard InChI is InChI=1S/C13H17FN2O3/c1-17-10-2-5-15-12(11(10)14)16-6-3-13(4-7-16)18-8-9-19-13/h2,5H,3-4,6-9H2,1H3. The summed E-state index contributed by atoms with van der Waals surface area (Å²) in [5.74, 6) is -0.300. The molecule has 0 bridgehead atoms. The number of halogens is 1. The van der Waals surface area contributed by atoms with Crippen molar-refractivity contribution in [1.82, 2.24) is 4.98 Å². The van der Waals surface area contributed by atoms with Crippen LogP contribution in [0.3, 0.4) is 0 Å². The van der Waals surface area contributed by atoms with E-state index in [4.69, 9.17) is 14.2 Å². The summed E-state index contributed by atoms with van der Waals surface area (Å²) < 4.78 is 30.4. The van der Waals surface area contributed by atoms with Crippen molar-refractivity contribution in [1.29, 1.82) is 0 Å². The van der Waals surface area contributed by atoms with E-state index in [0.29, 0.717) is 32.1 Å². The summed E-state index contributed by atoms with van der Waals surface area (Å²) in [6.45, 7) is 2.62. The summed E-state index contributed by atoms with van der Waals surface area (Å²) in [5.41, 5.74) is 0. The molecule has 3 heterocycles. The monoisotopic (exact) mass is 268 g/mol. The second kappa shape index (κ2) is 4.94. The van der Waals surface area contributed by atoms with Crippen LogP contribution in [-0.2, 0) is 9.47 Å². The Morgan fingerprint density at radius 2 is 2.00 bits per heavy atom. The predicted molar refractivity (Wildman–Crippen MR) is 66.8 cm³/mol. The highest BCUT2D eigenvalue weighted by molar-refractivity contribution is 5.46. The third-order valence-corrected chi connectivity index (χ3v) is 3.69. The van der Waals surface area contributed by atoms with E-state index in [1.807, 2.05) is 4.90 Å². The molecular weight excluding hydrogens is 251 g/mol. The number of nitrogens with zero attached hydrogens (tertiary/aromatic N) is 2. The number of hydrogen-bond donors (Lipinski definition) is 0. The fourth-order valence-electron chi connectivity index (χ4n) is 2.64. The van der Waals surface area contributed by atoms with Crippen LogP contribution in [0, 0.1) is 5.82 Å². The molecule has 0 atom stereocenters. The Bertz CT molecular complexity index is 453. The Morgan fingerprint density at radius 3 is 2.63 bits per heavy atom. The molecule has 1 aromatic heterocycles. The summed E-state index contributed by atoms with van der Waals surface area (Å²) in [6.07, 6.45) is 3.01. The van der Waals surface area contributed by atoms with Gasteiger partial charge in [-0.05, 0) is 0 Å². The normalized spacial score (nSPS) is 21.9. The minimum atomic E-state index is -0.453. The number of anilines is 1. The minimum absolute atomic E-state index is 0.221. The Kier molecular flexibility index (Phi) is 3.28. The van der Waals surface area contributed by atoms with Crippen molar-refractivity contribution < 1.29 is 18.6 Å². The van der Waals surface area contributed by atoms with Crippen LogP contribution in [0.15, 0.2) is 12.3 Å². The molecule has 19 heavy (non-hydrogen) atoms. The Labute approximate surface area is 111 Å². The molecule has 2 saturated heterocycles. The van der Waals surface area contributed by atoms with Crippen molar-refractivity contribution in [2.24, 2.45) is 0 Å². The van der Waals surface area contributed by atoms with E-state index >= 15 is 0 Å². The summed E-state index contributed by atoms with van der Waals surface area (Å²) in [5, 5.41) is 0. The lowest BCUT2D eigenvalue weighted by Crippen LogP contribution is -2.45. The van der Waals surface area contributed by atoms with E-state index in [9.17, 15) is 4.39 Å². The molecule has 0 N–H and O–H groups in total. The molecule has 1 spiro atoms. The predicted octanol–water partition coefficient (Wildman–Crippen LogP) is 1.57. The first-order valence-corrected chi connectivity index (χ1v) is 6.45. The van der Waals surface area contributed by atoms with Gasteiger partial charge in [0.1, 0.15) is 0 Å². The van der Waals surface area contributed by atoms with Crippen molar-refractivity contribution >= 4 is 5.82 Å². The molecule has 2 fully saturated rings. The van der Waals surface area contributed by atoms with Gasteiger partial charge in [-0.25, -0.2) is 4.98 Å². The fourth-order valence-corrected chi connectivity index (χ4v) is 2.64. The molecule has 0 amide bonds. The van der Waals surface area contributed by atoms with Crippen molar-refractivity contribution in [3.05, 3.63) is 18.1 Å². The molecule has 3 rings (SSSR count). The molecule has 0 aromatic carbocycles. The van der Waals surface area contributed by atoms with Crippen molar-refractivity contribution in [3.8, 4) is 5.75 Å². The first kappa shape index (κ1) is 12.6. The van der Waals surface area contributed by atoms with Crippen molar-refractivity contribution in [2.45, 2.75) is 18.6 Å². The molecular formula is C13H17FN2O3. The third kappa shape index (κ3) is 2.26. The van der Waals surface area contributed by atoms with Gasteiger partial charge >= 0.3 is 0 Å². The zero-order valence-corrected chi connectivity index (χ0v) is 10.9. The van der Waals surface area contributed by atoms with Crippen LogP contribution in [0.25, 0.3) is 0 Å². The van der Waals surface area contributed by atoms with Gasteiger partial charge in [-0.2, -0.15) is 4.39 Å². The van der Waals surface area contributed by atoms with Crippen LogP contribution in [-0.4, -0.2) is 44.2 Å². The maximum atomic E-state index is 14.1. The molecule has 2 aliphatic rings. The van der Waals surface area contributed by atoms with Gasteiger partial charge < -0.3 is 19.1 Å². The lowest BCUT2D eigenvalue weighted by atomic mass is 10.0. The van der Waals surface area contributed by atoms with E-state index < -0.39 is 11.6 Å². The van der Waals surface area contributed by atoms with Gasteiger partial charge in [0, 0.05) is 38.2 Å². The van der Waals surface area contributed by atoms with Crippen molar-refractivity contribution in [3.63, 3.8) is 0 Å². The zero-order valence-electron chi connectivity index (χ0n) is 10.9. The van der Waals surface area contributed by atoms with Gasteiger partial charge in [-0.15, -0.1) is 0 Å². The number of piperidine rings is 1. The van der Waals surface area contributed by atoms with Crippen LogP contribution in [0.5, 0.6) is 5.75 Å². The zero-order chi connectivity index (χ0) is 13.3. The smallest absolute Gasteiger partial charge is 0.207 e. The van der Waals surface area contributed by atoms with E-state index in [-0.39, 0.29) is 5.75 Å². The van der Waals surface area contributed by atoms with Gasteiger partial charge in [-0.3, -0.25) is 0 Å². The average Bonchev–Trinajstić information content (AvgIpc) is 2.89. The van der Waals surface area contributed by atoms with Crippen LogP contribution >= 0.6 is 0 Å². The van der Waals surface area contributed by atoms with Gasteiger partial charge in [0.15, 0.2) is 17.4 Å². The highest BCUT2D eigenvalue weighted by Gasteiger charge is 2.40. The summed E-state index contributed by atoms with van der Waals surface area (Å²) in [7, 11) is 1.45. The summed E-state index contributed by atoms with van der Waals surface area (Å²) in [6, 6.07) is 1.52. The topological polar surface area (TPSA) is 43.8 Å². The van der Waals surface area contributed by atoms with Crippen LogP contribution in [0.2, 0.25) is 0 Å². The second-order valence-corrected chi connectivity index (χ2v) is 4.75. The van der Waals surface area contributed by atoms with Crippen LogP contribution in [0.4, 0.5) is 10.2 Å². The maximum Gasteiger partial charge on any atom is 0.207 e. The van der Waals surface area contributed by atoms with Crippen LogP contribution < -0.4 is 9.64 Å². The minimum Gasteiger partial charge on any atom is -0.493 e. The second-order valence-electron chi connectivity index (χ2n) is 4.75. The van der Waals surface area contributed by atoms with Crippen molar-refractivity contribution in [2.75, 3.05) is 38.3 Å². The molecule has 2 aliphatic heterocycles. The first-order valence-electron chi connectivity index (χ1n) is 6.45. The molecule has 6 heteroatoms. The van der Waals surface area contributed by atoms with Crippen LogP contribution in [0.1, 0.15) is 12.8 Å². The lowest BCUT2D eigenvalue weighted by Gasteiger charge is -2.38. The van der Waals surface area contributed by atoms with E-state index in [1.165, 1.54) is 13.2 Å². The van der Waals surface area contributed by atoms with Gasteiger partial charge in [-0.1, -0.05) is 0 Å². The number of aromatic nitrogens is 1. The highest BCUT2D eigenvalue weighted by atomic mass is 19.1. The number of pyridine rings is 1. The SMILES string of the molecule is COc1ccnc(N2CCC3(CC2)OCCO3)c1F. The number of methoxy groups -OCH3 is 1. The molecule has 5 nitrogen and oxygen atoms in total. The Morgan fingerprint density at radius 1 is 1.32 bits per heavy atom. The molecule has 104 valence electrons. The summed E-state index contributed by atoms with van der Waals surface area (Å²) in [4.78, 5) is 6.03. The van der Waals surface area contributed by atoms with E-state index in [1.54, 1.807) is 6.20 Å². The molecule has 0 radical (unpaired) electrons. The highest BCUT2D eigenvalue weighted by Crippen LogP contribution is 2.34. The first-order chi connectivity index (χ1) is 9.24. The van der Waals surface area contributed by atoms with E-state index in [0.717, 1.165) is 12.8 Å². The Hall–Kier alpha value is -1.40. The molecule has 1 aromatic rings. The van der Waals surface area contributed by atoms with Gasteiger partial charge in [0.05, 0.1) is 20.3 Å². The number of hydrogen-bond acceptors (Lipinski definition) is 5. The number of ether oxygens (including phenoxy) is 3. The molecule has 0 aliphatic carbocycles. The molecule has 0 saturated carbocycles. The van der Waals surface area contributed by atoms with E-state index in [2.05, 4.69) is 4.98 Å². The Balaban J connectivity index is 1.74. The average molecular weight is 268 g/mol. The van der Waals surface area contributed by atoms with Gasteiger partial charge in [0.2, 0.25) is 5.82 Å². The number of rotatable bonds is 2. The lowest BCUT2D eigenvalue weighted by molar-refractivity contribution is -0.169. The van der Waals surface area contributed by atoms with Gasteiger partial charge in [0.25, 0.3) is 0 Å². The summed E-state index contributed by atoms with van der Waals surface area (Å²) >= 11 is 0. The maximum absolute atomic E-state index is 14.1. The fraction of sp³-hybridized carbons (Fsp3) is 0.615.